The molecule has 0 saturated heterocycles. The van der Waals surface area contributed by atoms with Crippen molar-refractivity contribution < 1.29 is 4.79 Å². The van der Waals surface area contributed by atoms with Crippen LogP contribution in [0.25, 0.3) is 11.8 Å². The largest absolute Gasteiger partial charge is 0.318 e. The summed E-state index contributed by atoms with van der Waals surface area (Å²) in [5.74, 6) is -0.294. The molecule has 0 fully saturated rings. The molecule has 0 spiro atoms. The molecule has 2 aromatic rings. The number of amidine groups is 2. The van der Waals surface area contributed by atoms with E-state index in [4.69, 9.17) is 5.41 Å². The van der Waals surface area contributed by atoms with Gasteiger partial charge in [-0.2, -0.15) is 15.1 Å². The summed E-state index contributed by atoms with van der Waals surface area (Å²) in [7, 11) is 0. The monoisotopic (exact) mass is 433 g/mol. The second-order valence-electron chi connectivity index (χ2n) is 8.07. The molecule has 3 heterocycles. The van der Waals surface area contributed by atoms with Crippen LogP contribution < -0.4 is 0 Å². The summed E-state index contributed by atoms with van der Waals surface area (Å²) < 4.78 is 2.19. The zero-order valence-electron chi connectivity index (χ0n) is 18.6. The van der Waals surface area contributed by atoms with Gasteiger partial charge in [-0.1, -0.05) is 31.0 Å². The van der Waals surface area contributed by atoms with Gasteiger partial charge in [0, 0.05) is 17.1 Å². The summed E-state index contributed by atoms with van der Waals surface area (Å²) in [6.45, 7) is 10.4. The first-order chi connectivity index (χ1) is 14.8. The van der Waals surface area contributed by atoms with Crippen molar-refractivity contribution in [1.29, 1.82) is 5.41 Å². The van der Waals surface area contributed by atoms with Gasteiger partial charge < -0.3 is 4.57 Å². The van der Waals surface area contributed by atoms with Gasteiger partial charge in [-0.15, -0.1) is 0 Å². The molecule has 0 atom stereocenters. The third-order valence-corrected chi connectivity index (χ3v) is 6.57. The number of hydrogen-bond acceptors (Lipinski definition) is 4. The Morgan fingerprint density at radius 1 is 1.16 bits per heavy atom. The number of carbonyl (C=O) groups is 1. The molecule has 160 valence electrons. The van der Waals surface area contributed by atoms with Crippen LogP contribution in [0.15, 0.2) is 39.9 Å². The minimum Gasteiger partial charge on any atom is -0.318 e. The minimum atomic E-state index is -0.382. The van der Waals surface area contributed by atoms with Gasteiger partial charge in [0.15, 0.2) is 5.84 Å². The summed E-state index contributed by atoms with van der Waals surface area (Å²) >= 11 is 1.39. The number of aryl methyl sites for hydroxylation is 3. The van der Waals surface area contributed by atoms with E-state index in [1.807, 2.05) is 6.92 Å². The SMILES string of the molecule is CCCCC1=NN2C(=N)/C(=C\c3cc(C)n(-c4ccc(C)cc4C)c3C)C(=O)N=C2S1. The standard InChI is InChI=1S/C24H27N5OS/c1-6-7-8-21-27-29-22(25)19(23(30)26-24(29)31-21)13-18-12-16(4)28(17(18)5)20-10-9-14(2)11-15(20)3/h9-13,25H,6-8H2,1-5H3/b19-13+,25-22?. The van der Waals surface area contributed by atoms with Gasteiger partial charge in [0.1, 0.15) is 5.04 Å². The van der Waals surface area contributed by atoms with E-state index in [0.29, 0.717) is 5.17 Å². The number of carbonyl (C=O) groups excluding carboxylic acids is 1. The lowest BCUT2D eigenvalue weighted by molar-refractivity contribution is -0.114. The van der Waals surface area contributed by atoms with E-state index < -0.39 is 0 Å². The fourth-order valence-corrected chi connectivity index (χ4v) is 4.90. The second-order valence-corrected chi connectivity index (χ2v) is 9.11. The number of amides is 1. The quantitative estimate of drug-likeness (QED) is 0.631. The van der Waals surface area contributed by atoms with E-state index in [0.717, 1.165) is 46.9 Å². The van der Waals surface area contributed by atoms with Gasteiger partial charge in [0.05, 0.1) is 5.57 Å². The number of hydrazone groups is 1. The molecule has 0 bridgehead atoms. The van der Waals surface area contributed by atoms with Crippen molar-refractivity contribution >= 4 is 39.8 Å². The highest BCUT2D eigenvalue weighted by molar-refractivity contribution is 8.26. The van der Waals surface area contributed by atoms with Crippen molar-refractivity contribution in [2.45, 2.75) is 53.9 Å². The fourth-order valence-electron chi connectivity index (χ4n) is 3.98. The Morgan fingerprint density at radius 2 is 1.94 bits per heavy atom. The molecule has 0 unspecified atom stereocenters. The van der Waals surface area contributed by atoms with E-state index in [1.165, 1.54) is 27.9 Å². The number of hydrogen-bond donors (Lipinski definition) is 1. The Morgan fingerprint density at radius 3 is 2.65 bits per heavy atom. The molecule has 2 aliphatic rings. The van der Waals surface area contributed by atoms with Crippen LogP contribution in [0, 0.1) is 33.1 Å². The van der Waals surface area contributed by atoms with Gasteiger partial charge in [-0.25, -0.2) is 0 Å². The van der Waals surface area contributed by atoms with Gasteiger partial charge in [-0.3, -0.25) is 10.2 Å². The molecule has 4 rings (SSSR count). The Hall–Kier alpha value is -2.93. The number of benzene rings is 1. The Balaban J connectivity index is 1.71. The van der Waals surface area contributed by atoms with Crippen molar-refractivity contribution in [3.05, 3.63) is 57.9 Å². The molecule has 1 amide bonds. The smallest absolute Gasteiger partial charge is 0.283 e. The third kappa shape index (κ3) is 3.90. The van der Waals surface area contributed by atoms with Crippen LogP contribution >= 0.6 is 11.8 Å². The van der Waals surface area contributed by atoms with E-state index in [-0.39, 0.29) is 17.3 Å². The number of nitrogens with zero attached hydrogens (tertiary/aromatic N) is 4. The van der Waals surface area contributed by atoms with Crippen molar-refractivity contribution in [3.8, 4) is 5.69 Å². The van der Waals surface area contributed by atoms with Crippen LogP contribution in [0.1, 0.15) is 54.3 Å². The summed E-state index contributed by atoms with van der Waals surface area (Å²) in [5, 5.41) is 16.0. The fraction of sp³-hybridized carbons (Fsp3) is 0.333. The van der Waals surface area contributed by atoms with Gasteiger partial charge >= 0.3 is 0 Å². The molecule has 0 aliphatic carbocycles. The highest BCUT2D eigenvalue weighted by Gasteiger charge is 2.35. The predicted molar refractivity (Wildman–Crippen MR) is 129 cm³/mol. The van der Waals surface area contributed by atoms with Crippen LogP contribution in [0.4, 0.5) is 0 Å². The number of rotatable bonds is 5. The molecule has 2 aliphatic heterocycles. The average Bonchev–Trinajstić information content (AvgIpc) is 3.24. The lowest BCUT2D eigenvalue weighted by Crippen LogP contribution is -2.35. The topological polar surface area (TPSA) is 73.8 Å². The molecule has 31 heavy (non-hydrogen) atoms. The highest BCUT2D eigenvalue weighted by atomic mass is 32.2. The molecule has 1 aromatic carbocycles. The molecular formula is C24H27N5OS. The van der Waals surface area contributed by atoms with Crippen molar-refractivity contribution in [1.82, 2.24) is 9.58 Å². The zero-order valence-corrected chi connectivity index (χ0v) is 19.4. The third-order valence-electron chi connectivity index (χ3n) is 5.60. The Labute approximate surface area is 187 Å². The van der Waals surface area contributed by atoms with E-state index >= 15 is 0 Å². The molecule has 0 radical (unpaired) electrons. The summed E-state index contributed by atoms with van der Waals surface area (Å²) in [5.41, 5.74) is 6.82. The highest BCUT2D eigenvalue weighted by Crippen LogP contribution is 2.31. The van der Waals surface area contributed by atoms with E-state index in [2.05, 4.69) is 66.6 Å². The van der Waals surface area contributed by atoms with Gasteiger partial charge in [-0.05, 0) is 81.6 Å². The maximum Gasteiger partial charge on any atom is 0.283 e. The molecule has 0 saturated carbocycles. The number of nitrogens with one attached hydrogen (secondary N) is 1. The maximum atomic E-state index is 12.7. The number of thioether (sulfide) groups is 1. The zero-order chi connectivity index (χ0) is 22.3. The Bertz CT molecular complexity index is 1180. The lowest BCUT2D eigenvalue weighted by Gasteiger charge is -2.20. The van der Waals surface area contributed by atoms with E-state index in [1.54, 1.807) is 6.08 Å². The van der Waals surface area contributed by atoms with Crippen LogP contribution in [-0.2, 0) is 4.79 Å². The number of unbranched alkanes of at least 4 members (excludes halogenated alkanes) is 1. The van der Waals surface area contributed by atoms with Gasteiger partial charge in [0.2, 0.25) is 5.17 Å². The number of aliphatic imine (C=N–C) groups is 1. The first-order valence-electron chi connectivity index (χ1n) is 10.6. The van der Waals surface area contributed by atoms with Crippen molar-refractivity contribution in [2.75, 3.05) is 0 Å². The predicted octanol–water partition coefficient (Wildman–Crippen LogP) is 5.52. The minimum absolute atomic E-state index is 0.0883. The van der Waals surface area contributed by atoms with Crippen LogP contribution in [0.5, 0.6) is 0 Å². The number of aromatic nitrogens is 1. The molecule has 1 aromatic heterocycles. The van der Waals surface area contributed by atoms with E-state index in [9.17, 15) is 4.79 Å². The Kier molecular flexibility index (Phi) is 5.71. The molecule has 6 nitrogen and oxygen atoms in total. The normalized spacial score (nSPS) is 17.3. The van der Waals surface area contributed by atoms with Crippen molar-refractivity contribution in [3.63, 3.8) is 0 Å². The second kappa shape index (κ2) is 8.30. The van der Waals surface area contributed by atoms with Gasteiger partial charge in [0.25, 0.3) is 5.91 Å². The lowest BCUT2D eigenvalue weighted by atomic mass is 10.1. The first kappa shape index (κ1) is 21.3. The summed E-state index contributed by atoms with van der Waals surface area (Å²) in [4.78, 5) is 17.0. The molecule has 7 heteroatoms. The molecule has 1 N–H and O–H groups in total. The van der Waals surface area contributed by atoms with Crippen molar-refractivity contribution in [2.24, 2.45) is 10.1 Å². The average molecular weight is 434 g/mol. The van der Waals surface area contributed by atoms with Crippen LogP contribution in [0.2, 0.25) is 0 Å². The van der Waals surface area contributed by atoms with Crippen LogP contribution in [0.3, 0.4) is 0 Å². The number of fused-ring (bicyclic) bond motifs is 1. The summed E-state index contributed by atoms with van der Waals surface area (Å²) in [6, 6.07) is 8.45. The summed E-state index contributed by atoms with van der Waals surface area (Å²) in [6.07, 6.45) is 4.72. The maximum absolute atomic E-state index is 12.7. The molecular weight excluding hydrogens is 406 g/mol. The first-order valence-corrected chi connectivity index (χ1v) is 11.4. The van der Waals surface area contributed by atoms with Crippen LogP contribution in [-0.4, -0.2) is 31.5 Å².